The van der Waals surface area contributed by atoms with Crippen LogP contribution >= 0.6 is 7.60 Å². The Morgan fingerprint density at radius 2 is 1.76 bits per heavy atom. The van der Waals surface area contributed by atoms with E-state index >= 15 is 0 Å². The van der Waals surface area contributed by atoms with Crippen molar-refractivity contribution in [3.63, 3.8) is 0 Å². The van der Waals surface area contributed by atoms with Crippen molar-refractivity contribution >= 4 is 7.60 Å². The van der Waals surface area contributed by atoms with E-state index in [0.717, 1.165) is 0 Å². The third kappa shape index (κ3) is 4.26. The molecule has 0 aliphatic rings. The Balaban J connectivity index is 3.36. The second kappa shape index (κ2) is 6.87. The van der Waals surface area contributed by atoms with Crippen LogP contribution in [-0.4, -0.2) is 13.2 Å². The molecule has 9 heteroatoms. The molecule has 0 unspecified atom stereocenters. The number of nitrogens with two attached hydrogens (primary N) is 1. The molecular formula is C12H16F4NO3P. The van der Waals surface area contributed by atoms with E-state index < -0.39 is 36.5 Å². The van der Waals surface area contributed by atoms with Gasteiger partial charge in [-0.1, -0.05) is 0 Å². The van der Waals surface area contributed by atoms with Gasteiger partial charge in [0.2, 0.25) is 0 Å². The van der Waals surface area contributed by atoms with E-state index in [1.54, 1.807) is 0 Å². The molecule has 1 rings (SSSR count). The third-order valence-electron chi connectivity index (χ3n) is 2.60. The summed E-state index contributed by atoms with van der Waals surface area (Å²) in [5.41, 5.74) is 3.80. The summed E-state index contributed by atoms with van der Waals surface area (Å²) in [6.45, 7) is 2.85. The molecule has 0 bridgehead atoms. The van der Waals surface area contributed by atoms with Gasteiger partial charge in [-0.3, -0.25) is 4.57 Å². The van der Waals surface area contributed by atoms with Crippen LogP contribution in [0.4, 0.5) is 17.6 Å². The number of alkyl halides is 3. The fourth-order valence-corrected chi connectivity index (χ4v) is 3.43. The predicted octanol–water partition coefficient (Wildman–Crippen LogP) is 4.07. The average molecular weight is 329 g/mol. The highest BCUT2D eigenvalue weighted by Gasteiger charge is 2.41. The van der Waals surface area contributed by atoms with Crippen LogP contribution in [0.15, 0.2) is 18.2 Å². The number of rotatable bonds is 6. The van der Waals surface area contributed by atoms with E-state index in [-0.39, 0.29) is 13.2 Å². The Morgan fingerprint density at radius 1 is 1.24 bits per heavy atom. The Bertz CT molecular complexity index is 526. The van der Waals surface area contributed by atoms with Gasteiger partial charge in [-0.2, -0.15) is 13.2 Å². The molecular weight excluding hydrogens is 313 g/mol. The molecule has 0 saturated carbocycles. The summed E-state index contributed by atoms with van der Waals surface area (Å²) >= 11 is 0. The number of hydrogen-bond acceptors (Lipinski definition) is 4. The largest absolute Gasteiger partial charge is 0.416 e. The lowest BCUT2D eigenvalue weighted by Crippen LogP contribution is -2.20. The number of halogens is 4. The zero-order chi connectivity index (χ0) is 16.3. The summed E-state index contributed by atoms with van der Waals surface area (Å²) in [5.74, 6) is -2.65. The predicted molar refractivity (Wildman–Crippen MR) is 69.2 cm³/mol. The molecule has 0 heterocycles. The van der Waals surface area contributed by atoms with Crippen molar-refractivity contribution in [3.05, 3.63) is 35.1 Å². The zero-order valence-electron chi connectivity index (χ0n) is 11.5. The van der Waals surface area contributed by atoms with Crippen molar-refractivity contribution in [2.45, 2.75) is 25.8 Å². The Kier molecular flexibility index (Phi) is 5.92. The molecule has 2 N–H and O–H groups in total. The molecule has 0 aliphatic carbocycles. The summed E-state index contributed by atoms with van der Waals surface area (Å²) in [5, 5.41) is 0. The molecule has 0 radical (unpaired) electrons. The highest BCUT2D eigenvalue weighted by molar-refractivity contribution is 7.54. The van der Waals surface area contributed by atoms with Gasteiger partial charge in [-0.05, 0) is 37.6 Å². The van der Waals surface area contributed by atoms with Crippen molar-refractivity contribution in [2.75, 3.05) is 13.2 Å². The molecule has 0 aromatic heterocycles. The normalized spacial score (nSPS) is 14.2. The first-order chi connectivity index (χ1) is 9.65. The second-order valence-corrected chi connectivity index (χ2v) is 6.20. The van der Waals surface area contributed by atoms with Gasteiger partial charge in [0.25, 0.3) is 0 Å². The molecule has 1 atom stereocenters. The van der Waals surface area contributed by atoms with Crippen LogP contribution in [-0.2, 0) is 19.8 Å². The summed E-state index contributed by atoms with van der Waals surface area (Å²) in [6, 6.07) is 1.80. The zero-order valence-corrected chi connectivity index (χ0v) is 12.4. The van der Waals surface area contributed by atoms with Gasteiger partial charge in [-0.15, -0.1) is 0 Å². The first-order valence-electron chi connectivity index (χ1n) is 6.16. The van der Waals surface area contributed by atoms with Gasteiger partial charge in [0, 0.05) is 0 Å². The van der Waals surface area contributed by atoms with Gasteiger partial charge in [0.05, 0.1) is 18.8 Å². The van der Waals surface area contributed by atoms with Gasteiger partial charge in [0.15, 0.2) is 0 Å². The van der Waals surface area contributed by atoms with Crippen LogP contribution in [0.2, 0.25) is 0 Å². The highest BCUT2D eigenvalue weighted by Crippen LogP contribution is 2.59. The molecule has 1 aromatic rings. The van der Waals surface area contributed by atoms with Crippen LogP contribution in [0.1, 0.15) is 30.8 Å². The van der Waals surface area contributed by atoms with Crippen LogP contribution in [0.5, 0.6) is 0 Å². The van der Waals surface area contributed by atoms with E-state index in [1.807, 2.05) is 0 Å². The maximum atomic E-state index is 13.3. The average Bonchev–Trinajstić information content (AvgIpc) is 2.36. The molecule has 120 valence electrons. The first kappa shape index (κ1) is 18.1. The molecule has 4 nitrogen and oxygen atoms in total. The third-order valence-corrected chi connectivity index (χ3v) is 4.79. The van der Waals surface area contributed by atoms with Crippen molar-refractivity contribution in [1.82, 2.24) is 0 Å². The number of benzene rings is 1. The van der Waals surface area contributed by atoms with Gasteiger partial charge in [0.1, 0.15) is 11.6 Å². The minimum absolute atomic E-state index is 0.0678. The van der Waals surface area contributed by atoms with Crippen LogP contribution in [0.25, 0.3) is 0 Å². The van der Waals surface area contributed by atoms with E-state index in [1.165, 1.54) is 13.8 Å². The SMILES string of the molecule is CCOP(=O)(OCC)[C@H](N)c1cc(F)ccc1C(F)(F)F. The first-order valence-corrected chi connectivity index (χ1v) is 7.78. The molecule has 0 aliphatic heterocycles. The molecule has 0 spiro atoms. The number of hydrogen-bond donors (Lipinski definition) is 1. The lowest BCUT2D eigenvalue weighted by atomic mass is 10.1. The minimum atomic E-state index is -4.76. The van der Waals surface area contributed by atoms with Crippen LogP contribution < -0.4 is 5.73 Å². The van der Waals surface area contributed by atoms with E-state index in [9.17, 15) is 22.1 Å². The monoisotopic (exact) mass is 329 g/mol. The van der Waals surface area contributed by atoms with E-state index in [2.05, 4.69) is 0 Å². The van der Waals surface area contributed by atoms with Gasteiger partial charge >= 0.3 is 13.8 Å². The molecule has 0 fully saturated rings. The maximum absolute atomic E-state index is 13.3. The summed E-state index contributed by atoms with van der Waals surface area (Å²) < 4.78 is 74.4. The summed E-state index contributed by atoms with van der Waals surface area (Å²) in [7, 11) is -4.04. The molecule has 21 heavy (non-hydrogen) atoms. The fraction of sp³-hybridized carbons (Fsp3) is 0.500. The van der Waals surface area contributed by atoms with E-state index in [4.69, 9.17) is 14.8 Å². The van der Waals surface area contributed by atoms with Crippen molar-refractivity contribution in [1.29, 1.82) is 0 Å². The molecule has 0 saturated heterocycles. The quantitative estimate of drug-likeness (QED) is 0.631. The summed E-state index contributed by atoms with van der Waals surface area (Å²) in [6.07, 6.45) is -4.76. The second-order valence-electron chi connectivity index (χ2n) is 4.05. The maximum Gasteiger partial charge on any atom is 0.416 e. The Morgan fingerprint density at radius 3 is 2.19 bits per heavy atom. The lowest BCUT2D eigenvalue weighted by molar-refractivity contribution is -0.138. The fourth-order valence-electron chi connectivity index (χ4n) is 1.76. The Labute approximate surface area is 119 Å². The topological polar surface area (TPSA) is 61.5 Å². The van der Waals surface area contributed by atoms with Gasteiger partial charge < -0.3 is 14.8 Å². The van der Waals surface area contributed by atoms with E-state index in [0.29, 0.717) is 18.2 Å². The highest BCUT2D eigenvalue weighted by atomic mass is 31.2. The molecule has 1 aromatic carbocycles. The summed E-state index contributed by atoms with van der Waals surface area (Å²) in [4.78, 5) is 0. The van der Waals surface area contributed by atoms with Crippen LogP contribution in [0, 0.1) is 5.82 Å². The smallest absolute Gasteiger partial charge is 0.314 e. The standard InChI is InChI=1S/C12H16F4NO3P/c1-3-19-21(18,20-4-2)11(17)9-7-8(13)5-6-10(9)12(14,15)16/h5-7,11H,3-4,17H2,1-2H3/t11-/m0/s1. The lowest BCUT2D eigenvalue weighted by Gasteiger charge is -2.25. The van der Waals surface area contributed by atoms with Crippen LogP contribution in [0.3, 0.4) is 0 Å². The Hall–Kier alpha value is -0.950. The van der Waals surface area contributed by atoms with Crippen molar-refractivity contribution in [2.24, 2.45) is 5.73 Å². The van der Waals surface area contributed by atoms with Crippen molar-refractivity contribution < 1.29 is 31.2 Å². The molecule has 0 amide bonds. The minimum Gasteiger partial charge on any atom is -0.314 e. The van der Waals surface area contributed by atoms with Gasteiger partial charge in [-0.25, -0.2) is 4.39 Å². The van der Waals surface area contributed by atoms with Crippen molar-refractivity contribution in [3.8, 4) is 0 Å².